The van der Waals surface area contributed by atoms with Gasteiger partial charge in [0, 0.05) is 17.9 Å². The molecule has 1 aromatic rings. The summed E-state index contributed by atoms with van der Waals surface area (Å²) in [6, 6.07) is 2.54. The van der Waals surface area contributed by atoms with Crippen molar-refractivity contribution in [2.45, 2.75) is 53.1 Å². The van der Waals surface area contributed by atoms with Gasteiger partial charge in [-0.05, 0) is 51.5 Å². The topological polar surface area (TPSA) is 28.2 Å². The maximum absolute atomic E-state index is 4.35. The Hall–Kier alpha value is -0.930. The second-order valence-electron chi connectivity index (χ2n) is 5.61. The predicted molar refractivity (Wildman–Crippen MR) is 82.4 cm³/mol. The summed E-state index contributed by atoms with van der Waals surface area (Å²) in [5.41, 5.74) is 2.56. The molecule has 3 heteroatoms. The molecule has 1 atom stereocenters. The molecule has 0 radical (unpaired) electrons. The summed E-state index contributed by atoms with van der Waals surface area (Å²) in [5.74, 6) is 0. The number of aryl methyl sites for hydroxylation is 1. The van der Waals surface area contributed by atoms with Gasteiger partial charge in [-0.3, -0.25) is 9.88 Å². The Morgan fingerprint density at radius 3 is 2.32 bits per heavy atom. The highest BCUT2D eigenvalue weighted by Crippen LogP contribution is 2.30. The summed E-state index contributed by atoms with van der Waals surface area (Å²) < 4.78 is 0. The molecule has 108 valence electrons. The Kier molecular flexibility index (Phi) is 5.95. The second-order valence-corrected chi connectivity index (χ2v) is 5.61. The van der Waals surface area contributed by atoms with Crippen LogP contribution in [0, 0.1) is 6.92 Å². The third-order valence-electron chi connectivity index (χ3n) is 3.92. The van der Waals surface area contributed by atoms with Crippen molar-refractivity contribution in [3.63, 3.8) is 0 Å². The number of nitrogens with zero attached hydrogens (tertiary/aromatic N) is 2. The van der Waals surface area contributed by atoms with Crippen molar-refractivity contribution >= 4 is 0 Å². The number of aromatic nitrogens is 1. The molecule has 0 amide bonds. The van der Waals surface area contributed by atoms with Crippen molar-refractivity contribution in [2.75, 3.05) is 19.6 Å². The smallest absolute Gasteiger partial charge is 0.0517 e. The van der Waals surface area contributed by atoms with E-state index < -0.39 is 0 Å². The van der Waals surface area contributed by atoms with Crippen LogP contribution in [0.15, 0.2) is 18.5 Å². The summed E-state index contributed by atoms with van der Waals surface area (Å²) >= 11 is 0. The standard InChI is InChI=1S/C16H29N3/c1-7-18-15(14-10-13(4)11-17-12-14)16(5,6)19(8-2)9-3/h10-12,15,18H,7-9H2,1-6H3. The number of pyridine rings is 1. The van der Waals surface area contributed by atoms with E-state index in [2.05, 4.69) is 62.8 Å². The average molecular weight is 263 g/mol. The molecule has 0 aromatic carbocycles. The third kappa shape index (κ3) is 3.77. The Balaban J connectivity index is 3.12. The molecular weight excluding hydrogens is 234 g/mol. The normalized spacial score (nSPS) is 13.8. The van der Waals surface area contributed by atoms with Crippen LogP contribution in [-0.2, 0) is 0 Å². The zero-order chi connectivity index (χ0) is 14.5. The molecule has 0 aliphatic rings. The van der Waals surface area contributed by atoms with E-state index >= 15 is 0 Å². The molecule has 0 fully saturated rings. The lowest BCUT2D eigenvalue weighted by Gasteiger charge is -2.44. The van der Waals surface area contributed by atoms with Gasteiger partial charge in [0.25, 0.3) is 0 Å². The summed E-state index contributed by atoms with van der Waals surface area (Å²) in [4.78, 5) is 6.86. The monoisotopic (exact) mass is 263 g/mol. The van der Waals surface area contributed by atoms with Gasteiger partial charge in [-0.25, -0.2) is 0 Å². The first-order valence-corrected chi connectivity index (χ1v) is 7.37. The first-order valence-electron chi connectivity index (χ1n) is 7.37. The van der Waals surface area contributed by atoms with Crippen LogP contribution in [0.1, 0.15) is 51.8 Å². The molecule has 1 unspecified atom stereocenters. The number of rotatable bonds is 7. The zero-order valence-electron chi connectivity index (χ0n) is 13.3. The molecule has 0 spiro atoms. The van der Waals surface area contributed by atoms with Crippen LogP contribution < -0.4 is 5.32 Å². The van der Waals surface area contributed by atoms with Gasteiger partial charge < -0.3 is 5.32 Å². The van der Waals surface area contributed by atoms with E-state index in [-0.39, 0.29) is 5.54 Å². The molecule has 1 aromatic heterocycles. The van der Waals surface area contributed by atoms with Crippen molar-refractivity contribution in [1.29, 1.82) is 0 Å². The van der Waals surface area contributed by atoms with Crippen molar-refractivity contribution in [3.8, 4) is 0 Å². The summed E-state index contributed by atoms with van der Waals surface area (Å²) in [6.45, 7) is 16.4. The fourth-order valence-electron chi connectivity index (χ4n) is 2.94. The molecule has 1 heterocycles. The molecule has 0 aliphatic heterocycles. The Bertz CT molecular complexity index is 383. The van der Waals surface area contributed by atoms with Crippen molar-refractivity contribution < 1.29 is 0 Å². The summed E-state index contributed by atoms with van der Waals surface area (Å²) in [5, 5.41) is 3.63. The molecule has 3 nitrogen and oxygen atoms in total. The number of nitrogens with one attached hydrogen (secondary N) is 1. The van der Waals surface area contributed by atoms with E-state index in [1.165, 1.54) is 11.1 Å². The van der Waals surface area contributed by atoms with Gasteiger partial charge in [0.1, 0.15) is 0 Å². The van der Waals surface area contributed by atoms with E-state index in [0.29, 0.717) is 6.04 Å². The van der Waals surface area contributed by atoms with Crippen LogP contribution in [0.4, 0.5) is 0 Å². The van der Waals surface area contributed by atoms with Crippen LogP contribution in [0.5, 0.6) is 0 Å². The molecule has 0 saturated heterocycles. The second kappa shape index (κ2) is 7.01. The molecule has 0 bridgehead atoms. The largest absolute Gasteiger partial charge is 0.309 e. The lowest BCUT2D eigenvalue weighted by Crippen LogP contribution is -2.52. The van der Waals surface area contributed by atoms with E-state index in [9.17, 15) is 0 Å². The van der Waals surface area contributed by atoms with Gasteiger partial charge in [0.05, 0.1) is 6.04 Å². The molecule has 1 N–H and O–H groups in total. The van der Waals surface area contributed by atoms with Crippen molar-refractivity contribution in [3.05, 3.63) is 29.6 Å². The minimum atomic E-state index is 0.0645. The summed E-state index contributed by atoms with van der Waals surface area (Å²) in [7, 11) is 0. The maximum Gasteiger partial charge on any atom is 0.0517 e. The highest BCUT2D eigenvalue weighted by atomic mass is 15.2. The van der Waals surface area contributed by atoms with Crippen LogP contribution in [0.3, 0.4) is 0 Å². The first-order chi connectivity index (χ1) is 8.97. The highest BCUT2D eigenvalue weighted by Gasteiger charge is 2.34. The van der Waals surface area contributed by atoms with E-state index in [4.69, 9.17) is 0 Å². The Morgan fingerprint density at radius 2 is 1.84 bits per heavy atom. The Labute approximate surface area is 118 Å². The molecule has 0 aliphatic carbocycles. The summed E-state index contributed by atoms with van der Waals surface area (Å²) in [6.07, 6.45) is 3.91. The molecule has 0 saturated carbocycles. The minimum Gasteiger partial charge on any atom is -0.309 e. The first kappa shape index (κ1) is 16.1. The van der Waals surface area contributed by atoms with Crippen LogP contribution >= 0.6 is 0 Å². The van der Waals surface area contributed by atoms with Gasteiger partial charge in [-0.1, -0.05) is 26.8 Å². The minimum absolute atomic E-state index is 0.0645. The molecule has 1 rings (SSSR count). The molecule has 19 heavy (non-hydrogen) atoms. The highest BCUT2D eigenvalue weighted by molar-refractivity contribution is 5.23. The zero-order valence-corrected chi connectivity index (χ0v) is 13.3. The molecular formula is C16H29N3. The Morgan fingerprint density at radius 1 is 1.21 bits per heavy atom. The van der Waals surface area contributed by atoms with Crippen LogP contribution in [-0.4, -0.2) is 35.1 Å². The van der Waals surface area contributed by atoms with Gasteiger partial charge in [-0.15, -0.1) is 0 Å². The van der Waals surface area contributed by atoms with Crippen molar-refractivity contribution in [2.24, 2.45) is 0 Å². The fraction of sp³-hybridized carbons (Fsp3) is 0.688. The van der Waals surface area contributed by atoms with Gasteiger partial charge >= 0.3 is 0 Å². The average Bonchev–Trinajstić information content (AvgIpc) is 2.36. The number of hydrogen-bond acceptors (Lipinski definition) is 3. The quantitative estimate of drug-likeness (QED) is 0.819. The number of hydrogen-bond donors (Lipinski definition) is 1. The fourth-order valence-corrected chi connectivity index (χ4v) is 2.94. The van der Waals surface area contributed by atoms with Crippen LogP contribution in [0.2, 0.25) is 0 Å². The van der Waals surface area contributed by atoms with Crippen LogP contribution in [0.25, 0.3) is 0 Å². The van der Waals surface area contributed by atoms with Gasteiger partial charge in [0.2, 0.25) is 0 Å². The van der Waals surface area contributed by atoms with Crippen molar-refractivity contribution in [1.82, 2.24) is 15.2 Å². The number of likely N-dealkylation sites (N-methyl/N-ethyl adjacent to an activating group) is 2. The SMILES string of the molecule is CCNC(c1cncc(C)c1)C(C)(C)N(CC)CC. The lowest BCUT2D eigenvalue weighted by molar-refractivity contribution is 0.0917. The third-order valence-corrected chi connectivity index (χ3v) is 3.92. The van der Waals surface area contributed by atoms with E-state index in [1.54, 1.807) is 0 Å². The predicted octanol–water partition coefficient (Wildman–Crippen LogP) is 3.16. The van der Waals surface area contributed by atoms with E-state index in [1.807, 2.05) is 12.4 Å². The van der Waals surface area contributed by atoms with Gasteiger partial charge in [-0.2, -0.15) is 0 Å². The maximum atomic E-state index is 4.35. The lowest BCUT2D eigenvalue weighted by atomic mass is 9.87. The van der Waals surface area contributed by atoms with E-state index in [0.717, 1.165) is 19.6 Å². The van der Waals surface area contributed by atoms with Gasteiger partial charge in [0.15, 0.2) is 0 Å².